The molecule has 3 atom stereocenters. The van der Waals surface area contributed by atoms with E-state index in [1.165, 1.54) is 5.57 Å². The Morgan fingerprint density at radius 2 is 1.48 bits per heavy atom. The Morgan fingerprint density at radius 3 is 2.11 bits per heavy atom. The lowest BCUT2D eigenvalue weighted by Crippen LogP contribution is -2.50. The number of aromatic nitrogens is 2. The minimum Gasteiger partial charge on any atom is -0.444 e. The molecule has 1 aromatic carbocycles. The van der Waals surface area contributed by atoms with E-state index >= 15 is 0 Å². The molecule has 3 heterocycles. The Hall–Kier alpha value is -3.82. The molecular weight excluding hydrogens is 558 g/mol. The number of benzene rings is 1. The van der Waals surface area contributed by atoms with Crippen molar-refractivity contribution in [1.29, 1.82) is 0 Å². The number of likely N-dealkylation sites (tertiary alicyclic amines) is 2. The first-order valence-electron chi connectivity index (χ1n) is 15.9. The monoisotopic (exact) mass is 605 g/mol. The molecule has 3 amide bonds. The van der Waals surface area contributed by atoms with Crippen LogP contribution in [0, 0.1) is 0 Å². The van der Waals surface area contributed by atoms with Gasteiger partial charge in [-0.2, -0.15) is 0 Å². The summed E-state index contributed by atoms with van der Waals surface area (Å²) in [6.45, 7) is 12.3. The maximum absolute atomic E-state index is 13.1. The summed E-state index contributed by atoms with van der Waals surface area (Å²) in [5.74, 6) is 0.688. The van der Waals surface area contributed by atoms with Crippen molar-refractivity contribution in [3.8, 4) is 11.3 Å². The van der Waals surface area contributed by atoms with Gasteiger partial charge in [0.15, 0.2) is 0 Å². The average molecular weight is 606 g/mol. The summed E-state index contributed by atoms with van der Waals surface area (Å²) in [6, 6.07) is 7.89. The lowest BCUT2D eigenvalue weighted by molar-refractivity contribution is -0.126. The Morgan fingerprint density at radius 1 is 0.864 bits per heavy atom. The number of nitrogens with one attached hydrogen (secondary N) is 2. The highest BCUT2D eigenvalue weighted by atomic mass is 16.6. The van der Waals surface area contributed by atoms with E-state index in [9.17, 15) is 14.4 Å². The smallest absolute Gasteiger partial charge is 0.410 e. The summed E-state index contributed by atoms with van der Waals surface area (Å²) in [5, 5.41) is 3.18. The van der Waals surface area contributed by atoms with Crippen LogP contribution in [-0.2, 0) is 14.3 Å². The van der Waals surface area contributed by atoms with Crippen molar-refractivity contribution in [2.45, 2.75) is 116 Å². The average Bonchev–Trinajstić information content (AvgIpc) is 3.72. The second kappa shape index (κ2) is 12.7. The zero-order chi connectivity index (χ0) is 31.6. The molecule has 2 unspecified atom stereocenters. The third-order valence-corrected chi connectivity index (χ3v) is 8.30. The van der Waals surface area contributed by atoms with Crippen LogP contribution in [0.3, 0.4) is 0 Å². The van der Waals surface area contributed by atoms with Crippen LogP contribution in [0.5, 0.6) is 0 Å². The molecule has 3 aliphatic rings. The lowest BCUT2D eigenvalue weighted by Gasteiger charge is -2.30. The van der Waals surface area contributed by atoms with Gasteiger partial charge >= 0.3 is 12.2 Å². The van der Waals surface area contributed by atoms with E-state index in [0.29, 0.717) is 19.5 Å². The van der Waals surface area contributed by atoms with Gasteiger partial charge in [-0.3, -0.25) is 14.6 Å². The van der Waals surface area contributed by atoms with E-state index in [1.54, 1.807) is 9.80 Å². The molecule has 2 aliphatic heterocycles. The number of hydrogen-bond acceptors (Lipinski definition) is 6. The fraction of sp³-hybridized carbons (Fsp3) is 0.588. The SMILES string of the molecule is CC(C)(C)OC(=O)N1CCCC1C(=O)NC1CC=C(c2ccc(-c3cnc([C@@H]4CCCN4C(=O)OC(C)(C)C)[nH]3)cc2)CC1. The Labute approximate surface area is 260 Å². The molecule has 2 saturated heterocycles. The molecule has 5 rings (SSSR count). The number of imidazole rings is 1. The minimum absolute atomic E-state index is 0.0471. The largest absolute Gasteiger partial charge is 0.444 e. The zero-order valence-corrected chi connectivity index (χ0v) is 26.9. The van der Waals surface area contributed by atoms with Gasteiger partial charge in [0.1, 0.15) is 23.1 Å². The molecule has 2 fully saturated rings. The van der Waals surface area contributed by atoms with Crippen LogP contribution in [0.15, 0.2) is 36.5 Å². The highest BCUT2D eigenvalue weighted by molar-refractivity contribution is 5.86. The van der Waals surface area contributed by atoms with Gasteiger partial charge in [-0.05, 0) is 103 Å². The van der Waals surface area contributed by atoms with E-state index in [0.717, 1.165) is 61.2 Å². The van der Waals surface area contributed by atoms with Crippen LogP contribution < -0.4 is 5.32 Å². The normalized spacial score (nSPS) is 22.5. The van der Waals surface area contributed by atoms with Crippen LogP contribution in [-0.4, -0.2) is 74.2 Å². The van der Waals surface area contributed by atoms with Crippen molar-refractivity contribution in [2.75, 3.05) is 13.1 Å². The molecule has 2 N–H and O–H groups in total. The van der Waals surface area contributed by atoms with Gasteiger partial charge in [-0.15, -0.1) is 0 Å². The molecule has 238 valence electrons. The van der Waals surface area contributed by atoms with Crippen LogP contribution in [0.2, 0.25) is 0 Å². The van der Waals surface area contributed by atoms with Gasteiger partial charge < -0.3 is 19.8 Å². The molecule has 10 heteroatoms. The predicted molar refractivity (Wildman–Crippen MR) is 169 cm³/mol. The standard InChI is InChI=1S/C34H47N5O5/c1-33(2,3)43-31(41)38-19-7-9-27(38)29-35-21-26(37-29)24-13-11-22(12-14-24)23-15-17-25(18-16-23)36-30(40)28-10-8-20-39(28)32(42)44-34(4,5)6/h11-15,21,25,27-28H,7-10,16-20H2,1-6H3,(H,35,37)(H,36,40)/t25?,27-,28?/m0/s1. The molecular formula is C34H47N5O5. The molecule has 10 nitrogen and oxygen atoms in total. The van der Waals surface area contributed by atoms with Gasteiger partial charge in [0, 0.05) is 19.1 Å². The fourth-order valence-electron chi connectivity index (χ4n) is 6.21. The topological polar surface area (TPSA) is 117 Å². The second-order valence-corrected chi connectivity index (χ2v) is 14.1. The summed E-state index contributed by atoms with van der Waals surface area (Å²) < 4.78 is 11.1. The molecule has 1 aromatic heterocycles. The number of aromatic amines is 1. The van der Waals surface area contributed by atoms with Crippen LogP contribution in [0.1, 0.15) is 104 Å². The summed E-state index contributed by atoms with van der Waals surface area (Å²) >= 11 is 0. The van der Waals surface area contributed by atoms with Crippen molar-refractivity contribution in [1.82, 2.24) is 25.1 Å². The number of amides is 3. The van der Waals surface area contributed by atoms with Crippen molar-refractivity contribution in [3.63, 3.8) is 0 Å². The number of H-pyrrole nitrogens is 1. The minimum atomic E-state index is -0.592. The third-order valence-electron chi connectivity index (χ3n) is 8.30. The van der Waals surface area contributed by atoms with Gasteiger partial charge in [0.25, 0.3) is 0 Å². The highest BCUT2D eigenvalue weighted by Crippen LogP contribution is 2.34. The van der Waals surface area contributed by atoms with Crippen LogP contribution >= 0.6 is 0 Å². The molecule has 0 radical (unpaired) electrons. The van der Waals surface area contributed by atoms with E-state index in [-0.39, 0.29) is 24.1 Å². The predicted octanol–water partition coefficient (Wildman–Crippen LogP) is 6.60. The summed E-state index contributed by atoms with van der Waals surface area (Å²) in [6.07, 6.45) is 9.01. The number of carbonyl (C=O) groups excluding carboxylic acids is 3. The Balaban J connectivity index is 1.16. The van der Waals surface area contributed by atoms with Crippen LogP contribution in [0.25, 0.3) is 16.8 Å². The fourth-order valence-corrected chi connectivity index (χ4v) is 6.21. The van der Waals surface area contributed by atoms with E-state index in [1.807, 2.05) is 47.7 Å². The van der Waals surface area contributed by atoms with Gasteiger partial charge in [0.05, 0.1) is 17.9 Å². The molecule has 44 heavy (non-hydrogen) atoms. The summed E-state index contributed by atoms with van der Waals surface area (Å²) in [7, 11) is 0. The summed E-state index contributed by atoms with van der Waals surface area (Å²) in [5.41, 5.74) is 3.24. The highest BCUT2D eigenvalue weighted by Gasteiger charge is 2.38. The van der Waals surface area contributed by atoms with Gasteiger partial charge in [-0.1, -0.05) is 30.3 Å². The number of rotatable bonds is 5. The molecule has 0 saturated carbocycles. The number of nitrogens with zero attached hydrogens (tertiary/aromatic N) is 3. The third kappa shape index (κ3) is 7.63. The number of allylic oxidation sites excluding steroid dienone is 1. The van der Waals surface area contributed by atoms with E-state index < -0.39 is 23.3 Å². The first-order chi connectivity index (χ1) is 20.8. The Bertz CT molecular complexity index is 1380. The van der Waals surface area contributed by atoms with Crippen molar-refractivity contribution < 1.29 is 23.9 Å². The molecule has 2 aromatic rings. The lowest BCUT2D eigenvalue weighted by atomic mass is 9.90. The van der Waals surface area contributed by atoms with E-state index in [2.05, 4.69) is 45.6 Å². The first kappa shape index (κ1) is 31.6. The quantitative estimate of drug-likeness (QED) is 0.397. The maximum Gasteiger partial charge on any atom is 0.410 e. The summed E-state index contributed by atoms with van der Waals surface area (Å²) in [4.78, 5) is 49.9. The zero-order valence-electron chi connectivity index (χ0n) is 26.9. The van der Waals surface area contributed by atoms with Crippen LogP contribution in [0.4, 0.5) is 9.59 Å². The first-order valence-corrected chi connectivity index (χ1v) is 15.9. The Kier molecular flexibility index (Phi) is 9.09. The number of carbonyl (C=O) groups is 3. The maximum atomic E-state index is 13.1. The number of ether oxygens (including phenoxy) is 2. The van der Waals surface area contributed by atoms with Gasteiger partial charge in [-0.25, -0.2) is 14.6 Å². The number of hydrogen-bond donors (Lipinski definition) is 2. The molecule has 0 spiro atoms. The van der Waals surface area contributed by atoms with Crippen molar-refractivity contribution >= 4 is 23.7 Å². The van der Waals surface area contributed by atoms with Gasteiger partial charge in [0.2, 0.25) is 5.91 Å². The van der Waals surface area contributed by atoms with Crippen molar-refractivity contribution in [2.24, 2.45) is 0 Å². The second-order valence-electron chi connectivity index (χ2n) is 14.1. The van der Waals surface area contributed by atoms with E-state index in [4.69, 9.17) is 9.47 Å². The van der Waals surface area contributed by atoms with Crippen molar-refractivity contribution in [3.05, 3.63) is 47.9 Å². The molecule has 1 aliphatic carbocycles. The molecule has 0 bridgehead atoms.